The van der Waals surface area contributed by atoms with E-state index in [9.17, 15) is 0 Å². The molecule has 0 aliphatic heterocycles. The lowest BCUT2D eigenvalue weighted by Gasteiger charge is -2.34. The highest BCUT2D eigenvalue weighted by Crippen LogP contribution is 2.45. The SMILES string of the molecule is CCNC(CCc1ccsc1)C1CCCC1(C)C. The second-order valence-corrected chi connectivity index (χ2v) is 7.10. The van der Waals surface area contributed by atoms with Gasteiger partial charge in [-0.1, -0.05) is 27.2 Å². The molecule has 0 aromatic carbocycles. The van der Waals surface area contributed by atoms with Crippen LogP contribution < -0.4 is 5.32 Å². The molecule has 1 nitrogen and oxygen atoms in total. The van der Waals surface area contributed by atoms with Crippen molar-refractivity contribution in [2.24, 2.45) is 11.3 Å². The number of thiophene rings is 1. The Kier molecular flexibility index (Phi) is 4.85. The lowest BCUT2D eigenvalue weighted by molar-refractivity contribution is 0.191. The third-order valence-electron chi connectivity index (χ3n) is 4.62. The maximum atomic E-state index is 3.75. The highest BCUT2D eigenvalue weighted by Gasteiger charge is 2.38. The molecule has 1 fully saturated rings. The topological polar surface area (TPSA) is 12.0 Å². The Morgan fingerprint density at radius 3 is 2.89 bits per heavy atom. The van der Waals surface area contributed by atoms with E-state index in [1.54, 1.807) is 0 Å². The van der Waals surface area contributed by atoms with Crippen molar-refractivity contribution in [3.05, 3.63) is 22.4 Å². The molecule has 1 aliphatic rings. The fourth-order valence-corrected chi connectivity index (χ4v) is 4.27. The molecule has 102 valence electrons. The zero-order valence-corrected chi connectivity index (χ0v) is 12.9. The van der Waals surface area contributed by atoms with Crippen LogP contribution in [0.3, 0.4) is 0 Å². The molecule has 1 heterocycles. The summed E-state index contributed by atoms with van der Waals surface area (Å²) in [4.78, 5) is 0. The van der Waals surface area contributed by atoms with Gasteiger partial charge in [-0.2, -0.15) is 11.3 Å². The van der Waals surface area contributed by atoms with Gasteiger partial charge in [0.25, 0.3) is 0 Å². The van der Waals surface area contributed by atoms with Gasteiger partial charge in [0.2, 0.25) is 0 Å². The summed E-state index contributed by atoms with van der Waals surface area (Å²) in [5, 5.41) is 8.23. The smallest absolute Gasteiger partial charge is 0.0103 e. The monoisotopic (exact) mass is 265 g/mol. The van der Waals surface area contributed by atoms with Crippen LogP contribution in [-0.2, 0) is 6.42 Å². The molecule has 1 aromatic rings. The van der Waals surface area contributed by atoms with Crippen molar-refractivity contribution >= 4 is 11.3 Å². The van der Waals surface area contributed by atoms with Crippen LogP contribution in [0.2, 0.25) is 0 Å². The number of aryl methyl sites for hydroxylation is 1. The van der Waals surface area contributed by atoms with E-state index in [1.165, 1.54) is 37.7 Å². The fourth-order valence-electron chi connectivity index (χ4n) is 3.56. The fraction of sp³-hybridized carbons (Fsp3) is 0.750. The van der Waals surface area contributed by atoms with Crippen molar-refractivity contribution in [2.45, 2.75) is 58.9 Å². The van der Waals surface area contributed by atoms with Crippen LogP contribution in [-0.4, -0.2) is 12.6 Å². The molecular formula is C16H27NS. The van der Waals surface area contributed by atoms with Crippen molar-refractivity contribution in [3.8, 4) is 0 Å². The third-order valence-corrected chi connectivity index (χ3v) is 5.35. The average molecular weight is 265 g/mol. The minimum Gasteiger partial charge on any atom is -0.314 e. The van der Waals surface area contributed by atoms with Gasteiger partial charge in [-0.25, -0.2) is 0 Å². The van der Waals surface area contributed by atoms with E-state index in [0.717, 1.165) is 12.5 Å². The quantitative estimate of drug-likeness (QED) is 0.799. The first-order chi connectivity index (χ1) is 8.63. The van der Waals surface area contributed by atoms with E-state index < -0.39 is 0 Å². The number of hydrogen-bond acceptors (Lipinski definition) is 2. The second kappa shape index (κ2) is 6.21. The molecule has 0 saturated heterocycles. The van der Waals surface area contributed by atoms with Gasteiger partial charge in [0.1, 0.15) is 0 Å². The van der Waals surface area contributed by atoms with Crippen molar-refractivity contribution in [1.82, 2.24) is 5.32 Å². The molecule has 1 aliphatic carbocycles. The second-order valence-electron chi connectivity index (χ2n) is 6.32. The molecular weight excluding hydrogens is 238 g/mol. The molecule has 2 atom stereocenters. The first-order valence-electron chi connectivity index (χ1n) is 7.38. The van der Waals surface area contributed by atoms with Gasteiger partial charge >= 0.3 is 0 Å². The maximum Gasteiger partial charge on any atom is 0.0103 e. The molecule has 1 aromatic heterocycles. The van der Waals surface area contributed by atoms with Crippen molar-refractivity contribution < 1.29 is 0 Å². The van der Waals surface area contributed by atoms with E-state index in [-0.39, 0.29) is 0 Å². The van der Waals surface area contributed by atoms with Crippen LogP contribution in [0.4, 0.5) is 0 Å². The van der Waals surface area contributed by atoms with E-state index in [0.29, 0.717) is 11.5 Å². The molecule has 0 spiro atoms. The number of nitrogens with one attached hydrogen (secondary N) is 1. The van der Waals surface area contributed by atoms with Gasteiger partial charge in [0.15, 0.2) is 0 Å². The van der Waals surface area contributed by atoms with Crippen LogP contribution in [0, 0.1) is 11.3 Å². The number of rotatable bonds is 6. The van der Waals surface area contributed by atoms with Crippen LogP contribution in [0.15, 0.2) is 16.8 Å². The summed E-state index contributed by atoms with van der Waals surface area (Å²) in [6.45, 7) is 8.25. The Hall–Kier alpha value is -0.340. The molecule has 0 radical (unpaired) electrons. The largest absolute Gasteiger partial charge is 0.314 e. The van der Waals surface area contributed by atoms with Gasteiger partial charge in [-0.15, -0.1) is 0 Å². The molecule has 0 bridgehead atoms. The summed E-state index contributed by atoms with van der Waals surface area (Å²) in [6, 6.07) is 2.97. The van der Waals surface area contributed by atoms with E-state index in [1.807, 2.05) is 11.3 Å². The molecule has 1 saturated carbocycles. The van der Waals surface area contributed by atoms with E-state index in [2.05, 4.69) is 42.9 Å². The third kappa shape index (κ3) is 3.36. The lowest BCUT2D eigenvalue weighted by atomic mass is 9.76. The predicted molar refractivity (Wildman–Crippen MR) is 81.2 cm³/mol. The van der Waals surface area contributed by atoms with Gasteiger partial charge in [-0.05, 0) is 66.0 Å². The summed E-state index contributed by atoms with van der Waals surface area (Å²) in [5.41, 5.74) is 2.04. The predicted octanol–water partition coefficient (Wildman–Crippen LogP) is 4.49. The summed E-state index contributed by atoms with van der Waals surface area (Å²) in [6.07, 6.45) is 6.75. The minimum atomic E-state index is 0.529. The van der Waals surface area contributed by atoms with Crippen LogP contribution >= 0.6 is 11.3 Å². The Bertz CT molecular complexity index is 342. The van der Waals surface area contributed by atoms with Gasteiger partial charge in [0.05, 0.1) is 0 Å². The maximum absolute atomic E-state index is 3.75. The summed E-state index contributed by atoms with van der Waals surface area (Å²) in [7, 11) is 0. The van der Waals surface area contributed by atoms with Crippen molar-refractivity contribution in [3.63, 3.8) is 0 Å². The molecule has 2 heteroatoms. The average Bonchev–Trinajstić information content (AvgIpc) is 2.93. The summed E-state index contributed by atoms with van der Waals surface area (Å²) >= 11 is 1.82. The Labute approximate surface area is 116 Å². The summed E-state index contributed by atoms with van der Waals surface area (Å²) < 4.78 is 0. The number of hydrogen-bond donors (Lipinski definition) is 1. The van der Waals surface area contributed by atoms with Gasteiger partial charge in [0, 0.05) is 6.04 Å². The molecule has 1 N–H and O–H groups in total. The first-order valence-corrected chi connectivity index (χ1v) is 8.32. The van der Waals surface area contributed by atoms with E-state index >= 15 is 0 Å². The van der Waals surface area contributed by atoms with Gasteiger partial charge < -0.3 is 5.32 Å². The van der Waals surface area contributed by atoms with E-state index in [4.69, 9.17) is 0 Å². The van der Waals surface area contributed by atoms with Crippen LogP contribution in [0.1, 0.15) is 52.0 Å². The molecule has 0 amide bonds. The lowest BCUT2D eigenvalue weighted by Crippen LogP contribution is -2.41. The van der Waals surface area contributed by atoms with Gasteiger partial charge in [-0.3, -0.25) is 0 Å². The molecule has 2 rings (SSSR count). The Balaban J connectivity index is 1.95. The van der Waals surface area contributed by atoms with Crippen LogP contribution in [0.25, 0.3) is 0 Å². The first kappa shape index (κ1) is 14.1. The highest BCUT2D eigenvalue weighted by molar-refractivity contribution is 7.07. The summed E-state index contributed by atoms with van der Waals surface area (Å²) in [5.74, 6) is 0.857. The Morgan fingerprint density at radius 1 is 1.50 bits per heavy atom. The Morgan fingerprint density at radius 2 is 2.33 bits per heavy atom. The zero-order valence-electron chi connectivity index (χ0n) is 12.0. The normalized spacial score (nSPS) is 24.3. The standard InChI is InChI=1S/C16H27NS/c1-4-17-15(8-7-13-9-11-18-12-13)14-6-5-10-16(14,2)3/h9,11-12,14-15,17H,4-8,10H2,1-3H3. The molecule has 2 unspecified atom stereocenters. The zero-order chi connectivity index (χ0) is 13.0. The van der Waals surface area contributed by atoms with Crippen LogP contribution in [0.5, 0.6) is 0 Å². The van der Waals surface area contributed by atoms with Crippen molar-refractivity contribution in [2.75, 3.05) is 6.54 Å². The highest BCUT2D eigenvalue weighted by atomic mass is 32.1. The van der Waals surface area contributed by atoms with Crippen molar-refractivity contribution in [1.29, 1.82) is 0 Å². The molecule has 18 heavy (non-hydrogen) atoms. The minimum absolute atomic E-state index is 0.529.